The Morgan fingerprint density at radius 1 is 0.857 bits per heavy atom. The second-order valence-electron chi connectivity index (χ2n) is 2.83. The Balaban J connectivity index is 4.07. The van der Waals surface area contributed by atoms with Gasteiger partial charge in [-0.2, -0.15) is 0 Å². The number of ether oxygens (including phenoxy) is 3. The second kappa shape index (κ2) is 7.06. The van der Waals surface area contributed by atoms with Crippen molar-refractivity contribution in [1.29, 1.82) is 0 Å². The van der Waals surface area contributed by atoms with Gasteiger partial charge in [0, 0.05) is 19.5 Å². The van der Waals surface area contributed by atoms with Gasteiger partial charge < -0.3 is 18.5 Å². The van der Waals surface area contributed by atoms with Crippen LogP contribution in [0, 0.1) is 0 Å². The second-order valence-corrected chi connectivity index (χ2v) is 2.83. The van der Waals surface area contributed by atoms with Crippen LogP contribution in [-0.2, 0) is 14.2 Å². The van der Waals surface area contributed by atoms with E-state index in [1.807, 2.05) is 0 Å². The van der Waals surface area contributed by atoms with Crippen LogP contribution in [0.2, 0.25) is 0 Å². The largest absolute Gasteiger partial charge is 0.536 e. The first kappa shape index (κ1) is 12.6. The standard InChI is InChI=1S/C9H15BFO3/c1-4-12-7-10(11,8-13-5-2)9-14-6-3/h4-6H,1-3,7-9H2/q-1. The van der Waals surface area contributed by atoms with Gasteiger partial charge in [-0.1, -0.05) is 19.7 Å². The summed E-state index contributed by atoms with van der Waals surface area (Å²) < 4.78 is 28.2. The van der Waals surface area contributed by atoms with Gasteiger partial charge in [-0.15, -0.1) is 0 Å². The van der Waals surface area contributed by atoms with Crippen molar-refractivity contribution < 1.29 is 18.5 Å². The molecule has 0 bridgehead atoms. The van der Waals surface area contributed by atoms with E-state index in [2.05, 4.69) is 19.7 Å². The fourth-order valence-electron chi connectivity index (χ4n) is 0.866. The molecule has 0 N–H and O–H groups in total. The van der Waals surface area contributed by atoms with Crippen LogP contribution >= 0.6 is 0 Å². The number of hydrogen-bond donors (Lipinski definition) is 0. The lowest BCUT2D eigenvalue weighted by molar-refractivity contribution is 0.225. The van der Waals surface area contributed by atoms with E-state index in [0.29, 0.717) is 0 Å². The fraction of sp³-hybridized carbons (Fsp3) is 0.333. The predicted molar refractivity (Wildman–Crippen MR) is 55.3 cm³/mol. The molecule has 0 rings (SSSR count). The Kier molecular flexibility index (Phi) is 6.36. The first-order chi connectivity index (χ1) is 6.68. The van der Waals surface area contributed by atoms with Crippen molar-refractivity contribution >= 4 is 6.42 Å². The Morgan fingerprint density at radius 3 is 1.36 bits per heavy atom. The Labute approximate surface area is 83.8 Å². The van der Waals surface area contributed by atoms with Gasteiger partial charge in [-0.05, 0) is 0 Å². The summed E-state index contributed by atoms with van der Waals surface area (Å²) in [5.74, 6) is 0. The van der Waals surface area contributed by atoms with Crippen LogP contribution in [0.15, 0.2) is 38.5 Å². The summed E-state index contributed by atoms with van der Waals surface area (Å²) in [6.07, 6.45) is 1.15. The molecule has 0 saturated heterocycles. The molecule has 5 heteroatoms. The molecule has 0 spiro atoms. The summed E-state index contributed by atoms with van der Waals surface area (Å²) in [6.45, 7) is 9.61. The molecule has 0 aliphatic rings. The third-order valence-electron chi connectivity index (χ3n) is 1.54. The minimum atomic E-state index is -2.39. The van der Waals surface area contributed by atoms with Crippen molar-refractivity contribution in [3.05, 3.63) is 38.5 Å². The molecule has 0 heterocycles. The molecule has 0 amide bonds. The summed E-state index contributed by atoms with van der Waals surface area (Å²) >= 11 is 0. The van der Waals surface area contributed by atoms with Crippen molar-refractivity contribution in [3.8, 4) is 0 Å². The molecule has 0 fully saturated rings. The quantitative estimate of drug-likeness (QED) is 0.421. The number of rotatable bonds is 9. The number of hydrogen-bond acceptors (Lipinski definition) is 3. The molecular weight excluding hydrogens is 186 g/mol. The maximum absolute atomic E-state index is 13.9. The SMILES string of the molecule is C=COC[B-](F)(COC=C)COC=C. The maximum Gasteiger partial charge on any atom is 0.260 e. The summed E-state index contributed by atoms with van der Waals surface area (Å²) in [4.78, 5) is 0. The molecular formula is C9H15BFO3-. The van der Waals surface area contributed by atoms with Crippen LogP contribution in [0.1, 0.15) is 0 Å². The molecule has 0 aromatic carbocycles. The van der Waals surface area contributed by atoms with Crippen LogP contribution in [0.25, 0.3) is 0 Å². The van der Waals surface area contributed by atoms with Gasteiger partial charge in [0.1, 0.15) is 0 Å². The van der Waals surface area contributed by atoms with E-state index >= 15 is 0 Å². The lowest BCUT2D eigenvalue weighted by Crippen LogP contribution is -2.45. The topological polar surface area (TPSA) is 27.7 Å². The van der Waals surface area contributed by atoms with E-state index in [1.54, 1.807) is 0 Å². The molecule has 14 heavy (non-hydrogen) atoms. The molecule has 0 aromatic rings. The van der Waals surface area contributed by atoms with Gasteiger partial charge in [-0.25, -0.2) is 0 Å². The molecule has 0 aromatic heterocycles. The molecule has 3 nitrogen and oxygen atoms in total. The predicted octanol–water partition coefficient (Wildman–Crippen LogP) is 2.00. The third kappa shape index (κ3) is 5.29. The van der Waals surface area contributed by atoms with E-state index in [1.165, 1.54) is 18.8 Å². The van der Waals surface area contributed by atoms with E-state index in [9.17, 15) is 4.32 Å². The van der Waals surface area contributed by atoms with Gasteiger partial charge >= 0.3 is 0 Å². The van der Waals surface area contributed by atoms with Gasteiger partial charge in [0.25, 0.3) is 6.42 Å². The van der Waals surface area contributed by atoms with Crippen molar-refractivity contribution in [2.75, 3.05) is 19.5 Å². The Hall–Kier alpha value is -1.39. The maximum atomic E-state index is 13.9. The van der Waals surface area contributed by atoms with Crippen molar-refractivity contribution in [1.82, 2.24) is 0 Å². The van der Waals surface area contributed by atoms with Crippen LogP contribution < -0.4 is 0 Å². The van der Waals surface area contributed by atoms with Crippen molar-refractivity contribution in [3.63, 3.8) is 0 Å². The molecule has 0 aliphatic carbocycles. The highest BCUT2D eigenvalue weighted by molar-refractivity contribution is 6.73. The summed E-state index contributed by atoms with van der Waals surface area (Å²) in [5.41, 5.74) is 0. The zero-order valence-electron chi connectivity index (χ0n) is 8.15. The van der Waals surface area contributed by atoms with Crippen molar-refractivity contribution in [2.24, 2.45) is 0 Å². The summed E-state index contributed by atoms with van der Waals surface area (Å²) in [6, 6.07) is 0. The highest BCUT2D eigenvalue weighted by Gasteiger charge is 2.27. The molecule has 80 valence electrons. The first-order valence-electron chi connectivity index (χ1n) is 4.24. The molecule has 0 atom stereocenters. The third-order valence-corrected chi connectivity index (χ3v) is 1.54. The highest BCUT2D eigenvalue weighted by Crippen LogP contribution is 2.08. The Morgan fingerprint density at radius 2 is 1.14 bits per heavy atom. The lowest BCUT2D eigenvalue weighted by Gasteiger charge is -2.29. The smallest absolute Gasteiger partial charge is 0.260 e. The van der Waals surface area contributed by atoms with Crippen LogP contribution in [0.3, 0.4) is 0 Å². The number of halogens is 1. The van der Waals surface area contributed by atoms with E-state index < -0.39 is 6.42 Å². The summed E-state index contributed by atoms with van der Waals surface area (Å²) in [7, 11) is 0. The first-order valence-corrected chi connectivity index (χ1v) is 4.24. The lowest BCUT2D eigenvalue weighted by atomic mass is 9.45. The van der Waals surface area contributed by atoms with Gasteiger partial charge in [0.05, 0.1) is 18.8 Å². The van der Waals surface area contributed by atoms with Gasteiger partial charge in [-0.3, -0.25) is 0 Å². The molecule has 0 saturated carbocycles. The molecule has 0 aliphatic heterocycles. The van der Waals surface area contributed by atoms with E-state index in [0.717, 1.165) is 0 Å². The molecule has 0 unspecified atom stereocenters. The minimum absolute atomic E-state index is 0.120. The average Bonchev–Trinajstić information content (AvgIpc) is 2.21. The van der Waals surface area contributed by atoms with Crippen LogP contribution in [0.4, 0.5) is 4.32 Å². The minimum Gasteiger partial charge on any atom is -0.536 e. The van der Waals surface area contributed by atoms with E-state index in [-0.39, 0.29) is 19.5 Å². The van der Waals surface area contributed by atoms with E-state index in [4.69, 9.17) is 14.2 Å². The Bertz CT molecular complexity index is 165. The molecule has 0 radical (unpaired) electrons. The van der Waals surface area contributed by atoms with Gasteiger partial charge in [0.2, 0.25) is 0 Å². The van der Waals surface area contributed by atoms with Gasteiger partial charge in [0.15, 0.2) is 0 Å². The highest BCUT2D eigenvalue weighted by atomic mass is 19.1. The monoisotopic (exact) mass is 201 g/mol. The zero-order chi connectivity index (χ0) is 10.9. The van der Waals surface area contributed by atoms with Crippen molar-refractivity contribution in [2.45, 2.75) is 0 Å². The normalized spacial score (nSPS) is 10.1. The van der Waals surface area contributed by atoms with Crippen LogP contribution in [0.5, 0.6) is 0 Å². The average molecular weight is 201 g/mol. The zero-order valence-corrected chi connectivity index (χ0v) is 8.15. The van der Waals surface area contributed by atoms with Crippen LogP contribution in [-0.4, -0.2) is 25.9 Å². The summed E-state index contributed by atoms with van der Waals surface area (Å²) in [5, 5.41) is 0. The fourth-order valence-corrected chi connectivity index (χ4v) is 0.866.